The zero-order chi connectivity index (χ0) is 25.8. The van der Waals surface area contributed by atoms with Crippen molar-refractivity contribution in [1.82, 2.24) is 5.01 Å². The van der Waals surface area contributed by atoms with Crippen LogP contribution in [0.25, 0.3) is 0 Å². The van der Waals surface area contributed by atoms with Crippen molar-refractivity contribution in [2.45, 2.75) is 51.8 Å². The molecule has 7 heteroatoms. The Morgan fingerprint density at radius 1 is 0.973 bits per heavy atom. The van der Waals surface area contributed by atoms with Gasteiger partial charge in [-0.2, -0.15) is 5.10 Å². The van der Waals surface area contributed by atoms with Crippen LogP contribution in [0.2, 0.25) is 5.02 Å². The van der Waals surface area contributed by atoms with Crippen molar-refractivity contribution in [3.8, 4) is 23.0 Å². The topological polar surface area (TPSA) is 52.5 Å². The maximum Gasteiger partial charge on any atom is 0.214 e. The quantitative estimate of drug-likeness (QED) is 0.258. The molecule has 0 N–H and O–H groups in total. The Hall–Kier alpha value is -3.38. The minimum Gasteiger partial charge on any atom is -0.494 e. The lowest BCUT2D eigenvalue weighted by molar-refractivity contribution is -0.0191. The van der Waals surface area contributed by atoms with E-state index >= 15 is 0 Å². The minimum absolute atomic E-state index is 0.00461. The predicted molar refractivity (Wildman–Crippen MR) is 146 cm³/mol. The molecule has 0 amide bonds. The van der Waals surface area contributed by atoms with Gasteiger partial charge < -0.3 is 18.9 Å². The third-order valence-electron chi connectivity index (χ3n) is 6.73. The summed E-state index contributed by atoms with van der Waals surface area (Å²) in [5, 5.41) is 7.78. The van der Waals surface area contributed by atoms with Crippen molar-refractivity contribution in [2.24, 2.45) is 5.10 Å². The van der Waals surface area contributed by atoms with Crippen molar-refractivity contribution in [1.29, 1.82) is 0 Å². The molecule has 0 unspecified atom stereocenters. The van der Waals surface area contributed by atoms with Gasteiger partial charge in [-0.3, -0.25) is 0 Å². The summed E-state index contributed by atoms with van der Waals surface area (Å²) in [5.74, 6) is 3.09. The summed E-state index contributed by atoms with van der Waals surface area (Å²) < 4.78 is 23.8. The Morgan fingerprint density at radius 2 is 1.81 bits per heavy atom. The number of hydrogen-bond donors (Lipinski definition) is 0. The largest absolute Gasteiger partial charge is 0.494 e. The first-order valence-corrected chi connectivity index (χ1v) is 13.3. The van der Waals surface area contributed by atoms with E-state index in [0.717, 1.165) is 65.3 Å². The standard InChI is InChI=1S/C30H33ClN2O4/c1-4-6-7-16-36-28-14-10-21(17-29(28)34-3)30-33-26(24-18-22(31)11-15-27(24)37-30)19-25(32-33)20-8-12-23(13-9-20)35-5-2/h8-15,17-18,26,30H,4-7,16,19H2,1-3H3/t26-,30-/m0/s1. The van der Waals surface area contributed by atoms with E-state index in [4.69, 9.17) is 35.6 Å². The number of ether oxygens (including phenoxy) is 4. The molecule has 3 aromatic carbocycles. The maximum absolute atomic E-state index is 6.52. The highest BCUT2D eigenvalue weighted by molar-refractivity contribution is 6.30. The maximum atomic E-state index is 6.52. The molecular formula is C30H33ClN2O4. The number of hydrogen-bond acceptors (Lipinski definition) is 6. The summed E-state index contributed by atoms with van der Waals surface area (Å²) >= 11 is 6.38. The lowest BCUT2D eigenvalue weighted by Gasteiger charge is -2.38. The molecule has 0 bridgehead atoms. The molecular weight excluding hydrogens is 488 g/mol. The van der Waals surface area contributed by atoms with E-state index in [0.29, 0.717) is 24.0 Å². The van der Waals surface area contributed by atoms with Crippen LogP contribution in [0.5, 0.6) is 23.0 Å². The highest BCUT2D eigenvalue weighted by Crippen LogP contribution is 2.49. The molecule has 0 saturated heterocycles. The first-order valence-electron chi connectivity index (χ1n) is 13.0. The summed E-state index contributed by atoms with van der Waals surface area (Å²) in [5.41, 5.74) is 4.04. The van der Waals surface area contributed by atoms with Crippen LogP contribution in [0, 0.1) is 0 Å². The monoisotopic (exact) mass is 520 g/mol. The number of unbranched alkanes of at least 4 members (excludes halogenated alkanes) is 2. The van der Waals surface area contributed by atoms with Crippen molar-refractivity contribution < 1.29 is 18.9 Å². The van der Waals surface area contributed by atoms with Gasteiger partial charge >= 0.3 is 0 Å². The third kappa shape index (κ3) is 5.35. The van der Waals surface area contributed by atoms with E-state index in [2.05, 4.69) is 19.1 Å². The second-order valence-electron chi connectivity index (χ2n) is 9.22. The van der Waals surface area contributed by atoms with Crippen molar-refractivity contribution in [3.05, 3.63) is 82.4 Å². The SMILES string of the molecule is CCCCCOc1ccc([C@@H]2Oc3ccc(Cl)cc3[C@@H]3CC(c4ccc(OCC)cc4)=NN32)cc1OC. The van der Waals surface area contributed by atoms with Gasteiger partial charge in [-0.1, -0.05) is 31.4 Å². The third-order valence-corrected chi connectivity index (χ3v) is 6.96. The Labute approximate surface area is 223 Å². The number of hydrazone groups is 1. The second kappa shape index (κ2) is 11.3. The molecule has 2 heterocycles. The van der Waals surface area contributed by atoms with Crippen molar-refractivity contribution >= 4 is 17.3 Å². The molecule has 0 saturated carbocycles. The van der Waals surface area contributed by atoms with E-state index in [1.54, 1.807) is 7.11 Å². The second-order valence-corrected chi connectivity index (χ2v) is 9.66. The van der Waals surface area contributed by atoms with Gasteiger partial charge in [0, 0.05) is 22.6 Å². The van der Waals surface area contributed by atoms with Gasteiger partial charge in [0.2, 0.25) is 6.23 Å². The highest BCUT2D eigenvalue weighted by atomic mass is 35.5. The Bertz CT molecular complexity index is 1260. The average molecular weight is 521 g/mol. The summed E-state index contributed by atoms with van der Waals surface area (Å²) in [6.07, 6.45) is 3.65. The van der Waals surface area contributed by atoms with Crippen LogP contribution in [-0.2, 0) is 0 Å². The van der Waals surface area contributed by atoms with Crippen LogP contribution in [-0.4, -0.2) is 31.0 Å². The van der Waals surface area contributed by atoms with E-state index in [1.165, 1.54) is 0 Å². The Morgan fingerprint density at radius 3 is 2.57 bits per heavy atom. The Kier molecular flexibility index (Phi) is 7.75. The van der Waals surface area contributed by atoms with Gasteiger partial charge in [0.1, 0.15) is 11.5 Å². The lowest BCUT2D eigenvalue weighted by Crippen LogP contribution is -2.33. The van der Waals surface area contributed by atoms with Crippen LogP contribution in [0.15, 0.2) is 65.8 Å². The van der Waals surface area contributed by atoms with Gasteiger partial charge in [0.05, 0.1) is 32.1 Å². The van der Waals surface area contributed by atoms with Gasteiger partial charge in [0.25, 0.3) is 0 Å². The molecule has 194 valence electrons. The number of methoxy groups -OCH3 is 1. The number of nitrogens with zero attached hydrogens (tertiary/aromatic N) is 2. The zero-order valence-corrected chi connectivity index (χ0v) is 22.3. The molecule has 2 atom stereocenters. The van der Waals surface area contributed by atoms with Gasteiger partial charge in [-0.15, -0.1) is 0 Å². The predicted octanol–water partition coefficient (Wildman–Crippen LogP) is 7.56. The van der Waals surface area contributed by atoms with Crippen LogP contribution < -0.4 is 18.9 Å². The molecule has 0 aliphatic carbocycles. The fourth-order valence-corrected chi connectivity index (χ4v) is 5.03. The molecule has 2 aliphatic heterocycles. The van der Waals surface area contributed by atoms with Crippen LogP contribution in [0.3, 0.4) is 0 Å². The first-order chi connectivity index (χ1) is 18.1. The normalized spacial score (nSPS) is 17.9. The van der Waals surface area contributed by atoms with Gasteiger partial charge in [0.15, 0.2) is 11.5 Å². The fraction of sp³-hybridized carbons (Fsp3) is 0.367. The zero-order valence-electron chi connectivity index (χ0n) is 21.6. The Balaban J connectivity index is 1.47. The summed E-state index contributed by atoms with van der Waals surface area (Å²) in [7, 11) is 1.66. The smallest absolute Gasteiger partial charge is 0.214 e. The lowest BCUT2D eigenvalue weighted by atomic mass is 9.96. The summed E-state index contributed by atoms with van der Waals surface area (Å²) in [4.78, 5) is 0. The summed E-state index contributed by atoms with van der Waals surface area (Å²) in [6.45, 7) is 5.47. The molecule has 0 aromatic heterocycles. The highest BCUT2D eigenvalue weighted by Gasteiger charge is 2.41. The molecule has 5 rings (SSSR count). The minimum atomic E-state index is -0.415. The van der Waals surface area contributed by atoms with E-state index < -0.39 is 6.23 Å². The molecule has 2 aliphatic rings. The van der Waals surface area contributed by atoms with Crippen LogP contribution >= 0.6 is 11.6 Å². The number of rotatable bonds is 10. The number of fused-ring (bicyclic) bond motifs is 3. The van der Waals surface area contributed by atoms with Crippen molar-refractivity contribution in [3.63, 3.8) is 0 Å². The molecule has 0 fully saturated rings. The van der Waals surface area contributed by atoms with Gasteiger partial charge in [-0.25, -0.2) is 5.01 Å². The van der Waals surface area contributed by atoms with E-state index in [1.807, 2.05) is 60.5 Å². The molecule has 3 aromatic rings. The van der Waals surface area contributed by atoms with E-state index in [9.17, 15) is 0 Å². The number of benzene rings is 3. The van der Waals surface area contributed by atoms with E-state index in [-0.39, 0.29) is 6.04 Å². The van der Waals surface area contributed by atoms with Gasteiger partial charge in [-0.05, 0) is 79.6 Å². The molecule has 6 nitrogen and oxygen atoms in total. The average Bonchev–Trinajstić information content (AvgIpc) is 3.37. The molecule has 0 spiro atoms. The first kappa shape index (κ1) is 25.3. The molecule has 37 heavy (non-hydrogen) atoms. The van der Waals surface area contributed by atoms with Crippen LogP contribution in [0.4, 0.5) is 0 Å². The molecule has 0 radical (unpaired) electrons. The van der Waals surface area contributed by atoms with Crippen molar-refractivity contribution in [2.75, 3.05) is 20.3 Å². The van der Waals surface area contributed by atoms with Crippen LogP contribution in [0.1, 0.15) is 68.5 Å². The fourth-order valence-electron chi connectivity index (χ4n) is 4.85. The summed E-state index contributed by atoms with van der Waals surface area (Å²) in [6, 6.07) is 19.9. The number of halogens is 1.